The van der Waals surface area contributed by atoms with Crippen LogP contribution in [0.4, 0.5) is 0 Å². The van der Waals surface area contributed by atoms with E-state index in [9.17, 15) is 4.79 Å². The summed E-state index contributed by atoms with van der Waals surface area (Å²) in [5.41, 5.74) is 2.77. The fourth-order valence-corrected chi connectivity index (χ4v) is 0.180. The topological polar surface area (TPSA) is 101 Å². The van der Waals surface area contributed by atoms with Gasteiger partial charge in [-0.25, -0.2) is 0 Å². The third kappa shape index (κ3) is 19.5. The monoisotopic (exact) mass is 237 g/mol. The Morgan fingerprint density at radius 2 is 1.80 bits per heavy atom. The molecule has 5 nitrogen and oxygen atoms in total. The van der Waals surface area contributed by atoms with E-state index in [2.05, 4.69) is 11.1 Å². The number of hydrogen-bond acceptors (Lipinski definition) is 3. The number of hydrogen-bond donors (Lipinski definition) is 3. The quantitative estimate of drug-likeness (QED) is 0.437. The van der Waals surface area contributed by atoms with E-state index in [1.807, 2.05) is 19.9 Å². The number of aliphatic hydroxyl groups is 1. The van der Waals surface area contributed by atoms with Crippen molar-refractivity contribution < 1.29 is 28.0 Å². The third-order valence-electron chi connectivity index (χ3n) is 1.13. The molecule has 0 radical (unpaired) electrons. The Hall–Kier alpha value is -0.830. The first-order valence-electron chi connectivity index (χ1n) is 4.27. The number of carbonyl (C=O) groups excluding carboxylic acids is 1. The molecule has 0 atom stereocenters. The molecule has 0 aliphatic carbocycles. The zero-order valence-electron chi connectivity index (χ0n) is 9.67. The lowest BCUT2D eigenvalue weighted by Crippen LogP contribution is -3.00. The molecular weight excluding hydrogens is 218 g/mol. The second-order valence-corrected chi connectivity index (χ2v) is 4.32. The van der Waals surface area contributed by atoms with Crippen molar-refractivity contribution in [3.05, 3.63) is 0 Å². The zero-order chi connectivity index (χ0) is 11.8. The summed E-state index contributed by atoms with van der Waals surface area (Å²) in [6, 6.07) is 1.90. The fourth-order valence-electron chi connectivity index (χ4n) is 0.180. The number of quaternary nitrogens is 1. The SMILES string of the molecule is CC(C)(C#N)NC=O.CC(C)([NH3+])CO.[Cl-]. The molecule has 0 aliphatic rings. The summed E-state index contributed by atoms with van der Waals surface area (Å²) in [7, 11) is 0. The summed E-state index contributed by atoms with van der Waals surface area (Å²) >= 11 is 0. The van der Waals surface area contributed by atoms with Crippen molar-refractivity contribution in [2.45, 2.75) is 38.8 Å². The molecule has 0 aliphatic heterocycles. The van der Waals surface area contributed by atoms with Gasteiger partial charge in [0.05, 0.1) is 12.7 Å². The number of nitrogens with one attached hydrogen (secondary N) is 1. The maximum atomic E-state index is 9.72. The maximum Gasteiger partial charge on any atom is 0.208 e. The van der Waals surface area contributed by atoms with Gasteiger partial charge in [0.2, 0.25) is 6.41 Å². The largest absolute Gasteiger partial charge is 1.00 e. The first kappa shape index (κ1) is 19.7. The van der Waals surface area contributed by atoms with Crippen LogP contribution in [0, 0.1) is 11.3 Å². The van der Waals surface area contributed by atoms with Gasteiger partial charge in [-0.05, 0) is 27.7 Å². The van der Waals surface area contributed by atoms with E-state index in [1.54, 1.807) is 13.8 Å². The molecule has 15 heavy (non-hydrogen) atoms. The highest BCUT2D eigenvalue weighted by molar-refractivity contribution is 5.48. The van der Waals surface area contributed by atoms with Gasteiger partial charge < -0.3 is 28.6 Å². The van der Waals surface area contributed by atoms with Crippen molar-refractivity contribution >= 4 is 6.41 Å². The number of amides is 1. The molecule has 0 saturated heterocycles. The summed E-state index contributed by atoms with van der Waals surface area (Å²) in [5, 5.41) is 18.9. The van der Waals surface area contributed by atoms with Crippen LogP contribution < -0.4 is 23.5 Å². The molecule has 90 valence electrons. The van der Waals surface area contributed by atoms with E-state index >= 15 is 0 Å². The van der Waals surface area contributed by atoms with Crippen LogP contribution >= 0.6 is 0 Å². The number of rotatable bonds is 3. The van der Waals surface area contributed by atoms with Gasteiger partial charge in [-0.15, -0.1) is 0 Å². The van der Waals surface area contributed by atoms with Crippen molar-refractivity contribution in [3.63, 3.8) is 0 Å². The highest BCUT2D eigenvalue weighted by atomic mass is 35.5. The highest BCUT2D eigenvalue weighted by Crippen LogP contribution is 1.94. The Labute approximate surface area is 97.1 Å². The molecule has 0 bridgehead atoms. The Morgan fingerprint density at radius 3 is 1.87 bits per heavy atom. The maximum absolute atomic E-state index is 9.72. The Kier molecular flexibility index (Phi) is 11.1. The summed E-state index contributed by atoms with van der Waals surface area (Å²) in [6.07, 6.45) is 0.517. The van der Waals surface area contributed by atoms with E-state index in [0.717, 1.165) is 0 Å². The molecule has 6 heteroatoms. The summed E-state index contributed by atoms with van der Waals surface area (Å²) in [6.45, 7) is 7.18. The first-order valence-corrected chi connectivity index (χ1v) is 4.27. The molecule has 0 fully saturated rings. The minimum atomic E-state index is -0.720. The van der Waals surface area contributed by atoms with Crippen molar-refractivity contribution in [3.8, 4) is 6.07 Å². The number of nitriles is 1. The lowest BCUT2D eigenvalue weighted by Gasteiger charge is -2.11. The number of carbonyl (C=O) groups is 1. The second-order valence-electron chi connectivity index (χ2n) is 4.32. The number of halogens is 1. The Bertz CT molecular complexity index is 206. The molecular formula is C9H20ClN3O2. The molecule has 0 unspecified atom stereocenters. The summed E-state index contributed by atoms with van der Waals surface area (Å²) in [5.74, 6) is 0. The van der Waals surface area contributed by atoms with Crippen LogP contribution in [-0.2, 0) is 4.79 Å². The van der Waals surface area contributed by atoms with Crippen molar-refractivity contribution in [2.75, 3.05) is 6.61 Å². The molecule has 0 rings (SSSR count). The normalized spacial score (nSPS) is 9.93. The van der Waals surface area contributed by atoms with Crippen LogP contribution in [-0.4, -0.2) is 29.2 Å². The summed E-state index contributed by atoms with van der Waals surface area (Å²) in [4.78, 5) is 9.72. The third-order valence-corrected chi connectivity index (χ3v) is 1.13. The number of aliphatic hydroxyl groups excluding tert-OH is 1. The molecule has 1 amide bonds. The van der Waals surface area contributed by atoms with Crippen LogP contribution in [0.2, 0.25) is 0 Å². The lowest BCUT2D eigenvalue weighted by atomic mass is 10.1. The van der Waals surface area contributed by atoms with Crippen LogP contribution in [0.25, 0.3) is 0 Å². The average Bonchev–Trinajstić information content (AvgIpc) is 2.04. The average molecular weight is 238 g/mol. The van der Waals surface area contributed by atoms with E-state index in [-0.39, 0.29) is 24.6 Å². The minimum Gasteiger partial charge on any atom is -1.00 e. The molecule has 5 N–H and O–H groups in total. The van der Waals surface area contributed by atoms with Gasteiger partial charge in [-0.1, -0.05) is 0 Å². The van der Waals surface area contributed by atoms with Crippen molar-refractivity contribution in [1.82, 2.24) is 5.32 Å². The molecule has 0 aromatic rings. The van der Waals surface area contributed by atoms with Gasteiger partial charge in [0, 0.05) is 0 Å². The van der Waals surface area contributed by atoms with Gasteiger partial charge in [0.25, 0.3) is 0 Å². The lowest BCUT2D eigenvalue weighted by molar-refractivity contribution is -0.471. The zero-order valence-corrected chi connectivity index (χ0v) is 10.4. The standard InChI is InChI=1S/C5H8N2O.C4H11NO.ClH/c1-5(2,3-6)7-4-8;1-4(2,5)3-6;/h4H,1-2H3,(H,7,8);6H,3,5H2,1-2H3;1H. The first-order chi connectivity index (χ1) is 6.18. The van der Waals surface area contributed by atoms with Crippen LogP contribution in [0.5, 0.6) is 0 Å². The van der Waals surface area contributed by atoms with Gasteiger partial charge in [0.1, 0.15) is 11.1 Å². The predicted molar refractivity (Wildman–Crippen MR) is 52.9 cm³/mol. The van der Waals surface area contributed by atoms with Gasteiger partial charge in [-0.2, -0.15) is 5.26 Å². The Balaban J connectivity index is -0.000000187. The smallest absolute Gasteiger partial charge is 0.208 e. The van der Waals surface area contributed by atoms with Crippen LogP contribution in [0.3, 0.4) is 0 Å². The molecule has 0 aromatic heterocycles. The van der Waals surface area contributed by atoms with E-state index in [4.69, 9.17) is 10.4 Å². The van der Waals surface area contributed by atoms with Crippen LogP contribution in [0.15, 0.2) is 0 Å². The molecule has 0 heterocycles. The van der Waals surface area contributed by atoms with Crippen LogP contribution in [0.1, 0.15) is 27.7 Å². The van der Waals surface area contributed by atoms with E-state index in [0.29, 0.717) is 6.41 Å². The van der Waals surface area contributed by atoms with Gasteiger partial charge in [0.15, 0.2) is 0 Å². The van der Waals surface area contributed by atoms with Gasteiger partial charge in [-0.3, -0.25) is 4.79 Å². The molecule has 0 spiro atoms. The summed E-state index contributed by atoms with van der Waals surface area (Å²) < 4.78 is 0. The second kappa shape index (κ2) is 8.48. The minimum absolute atomic E-state index is 0. The predicted octanol–water partition coefficient (Wildman–Crippen LogP) is -3.96. The molecule has 0 aromatic carbocycles. The Morgan fingerprint density at radius 1 is 1.47 bits per heavy atom. The van der Waals surface area contributed by atoms with E-state index in [1.165, 1.54) is 0 Å². The van der Waals surface area contributed by atoms with Crippen molar-refractivity contribution in [1.29, 1.82) is 5.26 Å². The number of nitrogens with zero attached hydrogens (tertiary/aromatic N) is 1. The highest BCUT2D eigenvalue weighted by Gasteiger charge is 2.12. The van der Waals surface area contributed by atoms with E-state index < -0.39 is 5.54 Å². The fraction of sp³-hybridized carbons (Fsp3) is 0.778. The molecule has 0 saturated carbocycles. The van der Waals surface area contributed by atoms with Crippen molar-refractivity contribution in [2.24, 2.45) is 0 Å². The van der Waals surface area contributed by atoms with Gasteiger partial charge >= 0.3 is 0 Å².